The zero-order chi connectivity index (χ0) is 17.1. The Kier molecular flexibility index (Phi) is 5.11. The van der Waals surface area contributed by atoms with E-state index in [4.69, 9.17) is 0 Å². The second-order valence-corrected chi connectivity index (χ2v) is 6.43. The first-order valence-corrected chi connectivity index (χ1v) is 8.52. The Balaban J connectivity index is 1.73. The monoisotopic (exact) mass is 331 g/mol. The maximum absolute atomic E-state index is 10.3. The van der Waals surface area contributed by atoms with Crippen molar-refractivity contribution >= 4 is 0 Å². The molecule has 7 nitrogen and oxygen atoms in total. The molecule has 3 rings (SSSR count). The number of aliphatic hydroxyl groups is 1. The van der Waals surface area contributed by atoms with E-state index in [-0.39, 0.29) is 12.4 Å². The van der Waals surface area contributed by atoms with Crippen LogP contribution in [0.15, 0.2) is 12.4 Å². The maximum Gasteiger partial charge on any atom is 0.141 e. The second-order valence-electron chi connectivity index (χ2n) is 6.43. The Bertz CT molecular complexity index is 696. The number of hydrogen-bond donors (Lipinski definition) is 2. The van der Waals surface area contributed by atoms with Gasteiger partial charge in [-0.1, -0.05) is 12.1 Å². The van der Waals surface area contributed by atoms with Gasteiger partial charge in [-0.3, -0.25) is 9.88 Å². The number of hydrogen-bond acceptors (Lipinski definition) is 6. The molecule has 1 fully saturated rings. The maximum atomic E-state index is 10.3. The number of aromatic hydroxyl groups is 1. The van der Waals surface area contributed by atoms with Gasteiger partial charge in [-0.05, 0) is 32.7 Å². The summed E-state index contributed by atoms with van der Waals surface area (Å²) >= 11 is 0. The molecule has 1 aliphatic carbocycles. The molecule has 0 atom stereocenters. The zero-order valence-electron chi connectivity index (χ0n) is 14.3. The van der Waals surface area contributed by atoms with Crippen molar-refractivity contribution in [1.82, 2.24) is 24.9 Å². The van der Waals surface area contributed by atoms with E-state index in [9.17, 15) is 10.2 Å². The fraction of sp³-hybridized carbons (Fsp3) is 0.588. The molecule has 1 saturated carbocycles. The molecule has 2 aromatic heterocycles. The minimum atomic E-state index is -0.133. The molecule has 130 valence electrons. The minimum absolute atomic E-state index is 0.133. The molecule has 1 aliphatic rings. The Morgan fingerprint density at radius 3 is 2.75 bits per heavy atom. The van der Waals surface area contributed by atoms with Gasteiger partial charge in [0, 0.05) is 30.4 Å². The molecule has 0 aromatic carbocycles. The standard InChI is InChI=1S/C17H25N5O2/c1-3-21(8-14-9-22(20-19-14)15-5-4-6-15)10-16-13(11-23)7-18-12(2)17(16)24/h7,9,15,23-24H,3-6,8,10-11H2,1-2H3. The van der Waals surface area contributed by atoms with Gasteiger partial charge >= 0.3 is 0 Å². The highest BCUT2D eigenvalue weighted by molar-refractivity contribution is 5.40. The third-order valence-electron chi connectivity index (χ3n) is 4.82. The summed E-state index contributed by atoms with van der Waals surface area (Å²) < 4.78 is 1.97. The SMILES string of the molecule is CCN(Cc1cn(C2CCC2)nn1)Cc1c(CO)cnc(C)c1O. The molecule has 2 heterocycles. The topological polar surface area (TPSA) is 87.3 Å². The van der Waals surface area contributed by atoms with Crippen LogP contribution in [0.3, 0.4) is 0 Å². The van der Waals surface area contributed by atoms with E-state index in [0.29, 0.717) is 30.4 Å². The molecule has 0 bridgehead atoms. The van der Waals surface area contributed by atoms with Gasteiger partial charge in [-0.2, -0.15) is 0 Å². The van der Waals surface area contributed by atoms with Gasteiger partial charge in [-0.15, -0.1) is 5.10 Å². The van der Waals surface area contributed by atoms with Gasteiger partial charge in [0.25, 0.3) is 0 Å². The number of aliphatic hydroxyl groups excluding tert-OH is 1. The largest absolute Gasteiger partial charge is 0.506 e. The van der Waals surface area contributed by atoms with E-state index in [0.717, 1.165) is 17.8 Å². The summed E-state index contributed by atoms with van der Waals surface area (Å²) in [6.45, 7) is 5.71. The molecule has 7 heteroatoms. The van der Waals surface area contributed by atoms with E-state index in [1.165, 1.54) is 19.3 Å². The highest BCUT2D eigenvalue weighted by atomic mass is 16.3. The molecule has 0 saturated heterocycles. The summed E-state index contributed by atoms with van der Waals surface area (Å²) in [5.74, 6) is 0.165. The van der Waals surface area contributed by atoms with E-state index in [1.54, 1.807) is 13.1 Å². The molecular weight excluding hydrogens is 306 g/mol. The van der Waals surface area contributed by atoms with Crippen molar-refractivity contribution in [2.75, 3.05) is 6.54 Å². The van der Waals surface area contributed by atoms with Crippen molar-refractivity contribution in [2.24, 2.45) is 0 Å². The van der Waals surface area contributed by atoms with Crippen LogP contribution in [-0.4, -0.2) is 41.6 Å². The third-order valence-corrected chi connectivity index (χ3v) is 4.82. The highest BCUT2D eigenvalue weighted by Crippen LogP contribution is 2.30. The highest BCUT2D eigenvalue weighted by Gasteiger charge is 2.21. The number of nitrogens with zero attached hydrogens (tertiary/aromatic N) is 5. The Morgan fingerprint density at radius 2 is 2.12 bits per heavy atom. The van der Waals surface area contributed by atoms with E-state index >= 15 is 0 Å². The van der Waals surface area contributed by atoms with Crippen molar-refractivity contribution in [3.63, 3.8) is 0 Å². The Morgan fingerprint density at radius 1 is 1.33 bits per heavy atom. The molecule has 0 amide bonds. The smallest absolute Gasteiger partial charge is 0.141 e. The van der Waals surface area contributed by atoms with Gasteiger partial charge in [0.1, 0.15) is 5.75 Å². The quantitative estimate of drug-likeness (QED) is 0.806. The molecule has 0 spiro atoms. The summed E-state index contributed by atoms with van der Waals surface area (Å²) in [4.78, 5) is 6.28. The lowest BCUT2D eigenvalue weighted by Crippen LogP contribution is -2.23. The predicted octanol–water partition coefficient (Wildman–Crippen LogP) is 1.93. The van der Waals surface area contributed by atoms with Crippen LogP contribution in [0.2, 0.25) is 0 Å². The summed E-state index contributed by atoms with van der Waals surface area (Å²) in [5, 5.41) is 28.3. The number of pyridine rings is 1. The van der Waals surface area contributed by atoms with Crippen LogP contribution in [0.5, 0.6) is 5.75 Å². The molecule has 0 unspecified atom stereocenters. The van der Waals surface area contributed by atoms with Crippen LogP contribution in [0.25, 0.3) is 0 Å². The lowest BCUT2D eigenvalue weighted by Gasteiger charge is -2.24. The number of rotatable bonds is 7. The lowest BCUT2D eigenvalue weighted by atomic mass is 9.93. The average Bonchev–Trinajstić information content (AvgIpc) is 2.97. The van der Waals surface area contributed by atoms with Crippen molar-refractivity contribution in [3.8, 4) is 5.75 Å². The first-order chi connectivity index (χ1) is 11.6. The van der Waals surface area contributed by atoms with Crippen LogP contribution < -0.4 is 0 Å². The molecule has 2 N–H and O–H groups in total. The van der Waals surface area contributed by atoms with Gasteiger partial charge in [-0.25, -0.2) is 4.68 Å². The summed E-state index contributed by atoms with van der Waals surface area (Å²) in [6, 6.07) is 0.509. The van der Waals surface area contributed by atoms with Crippen LogP contribution in [0, 0.1) is 6.92 Å². The Labute approximate surface area is 141 Å². The minimum Gasteiger partial charge on any atom is -0.506 e. The van der Waals surface area contributed by atoms with Gasteiger partial charge in [0.2, 0.25) is 0 Å². The summed E-state index contributed by atoms with van der Waals surface area (Å²) in [7, 11) is 0. The third kappa shape index (κ3) is 3.42. The van der Waals surface area contributed by atoms with Crippen LogP contribution in [0.1, 0.15) is 54.7 Å². The molecule has 0 aliphatic heterocycles. The van der Waals surface area contributed by atoms with Crippen LogP contribution in [-0.2, 0) is 19.7 Å². The molecular formula is C17H25N5O2. The van der Waals surface area contributed by atoms with E-state index < -0.39 is 0 Å². The van der Waals surface area contributed by atoms with Gasteiger partial charge < -0.3 is 10.2 Å². The van der Waals surface area contributed by atoms with Gasteiger partial charge in [0.05, 0.1) is 30.2 Å². The van der Waals surface area contributed by atoms with Crippen molar-refractivity contribution in [2.45, 2.75) is 58.8 Å². The van der Waals surface area contributed by atoms with Crippen molar-refractivity contribution < 1.29 is 10.2 Å². The number of aryl methyl sites for hydroxylation is 1. The van der Waals surface area contributed by atoms with Crippen LogP contribution >= 0.6 is 0 Å². The van der Waals surface area contributed by atoms with E-state index in [2.05, 4.69) is 27.1 Å². The van der Waals surface area contributed by atoms with Crippen molar-refractivity contribution in [3.05, 3.63) is 34.9 Å². The normalized spacial score (nSPS) is 15.0. The molecule has 0 radical (unpaired) electrons. The zero-order valence-corrected chi connectivity index (χ0v) is 14.3. The fourth-order valence-electron chi connectivity index (χ4n) is 2.94. The first kappa shape index (κ1) is 16.9. The summed E-state index contributed by atoms with van der Waals surface area (Å²) in [5.41, 5.74) is 2.90. The number of aromatic nitrogens is 4. The Hall–Kier alpha value is -1.99. The second kappa shape index (κ2) is 7.27. The molecule has 2 aromatic rings. The lowest BCUT2D eigenvalue weighted by molar-refractivity contribution is 0.251. The van der Waals surface area contributed by atoms with Crippen molar-refractivity contribution in [1.29, 1.82) is 0 Å². The fourth-order valence-corrected chi connectivity index (χ4v) is 2.94. The van der Waals surface area contributed by atoms with Crippen LogP contribution in [0.4, 0.5) is 0 Å². The average molecular weight is 331 g/mol. The summed E-state index contributed by atoms with van der Waals surface area (Å²) in [6.07, 6.45) is 7.29. The van der Waals surface area contributed by atoms with Gasteiger partial charge in [0.15, 0.2) is 0 Å². The predicted molar refractivity (Wildman–Crippen MR) is 89.3 cm³/mol. The van der Waals surface area contributed by atoms with E-state index in [1.807, 2.05) is 10.9 Å². The first-order valence-electron chi connectivity index (χ1n) is 8.52. The molecule has 24 heavy (non-hydrogen) atoms.